The van der Waals surface area contributed by atoms with E-state index in [0.717, 1.165) is 18.4 Å². The Morgan fingerprint density at radius 2 is 1.73 bits per heavy atom. The Bertz CT molecular complexity index is 562. The number of hydrogen-bond acceptors (Lipinski definition) is 2. The van der Waals surface area contributed by atoms with Crippen LogP contribution in [0, 0.1) is 11.8 Å². The summed E-state index contributed by atoms with van der Waals surface area (Å²) in [5.74, 6) is 0.774. The van der Waals surface area contributed by atoms with Gasteiger partial charge < -0.3 is 0 Å². The van der Waals surface area contributed by atoms with Gasteiger partial charge in [0.25, 0.3) is 0 Å². The van der Waals surface area contributed by atoms with Gasteiger partial charge in [-0.1, -0.05) is 63.4 Å². The maximum atomic E-state index is 12.7. The van der Waals surface area contributed by atoms with Crippen LogP contribution in [0.15, 0.2) is 30.3 Å². The van der Waals surface area contributed by atoms with E-state index in [1.807, 2.05) is 30.3 Å². The number of hydrogen-bond donors (Lipinski definition) is 1. The van der Waals surface area contributed by atoms with Crippen LogP contribution in [0.3, 0.4) is 0 Å². The molecule has 0 saturated heterocycles. The lowest BCUT2D eigenvalue weighted by atomic mass is 9.71. The van der Waals surface area contributed by atoms with E-state index in [2.05, 4.69) is 25.5 Å². The van der Waals surface area contributed by atoms with Crippen molar-refractivity contribution in [1.29, 1.82) is 0 Å². The van der Waals surface area contributed by atoms with Gasteiger partial charge in [0.1, 0.15) is 0 Å². The van der Waals surface area contributed by atoms with Gasteiger partial charge in [0.15, 0.2) is 0 Å². The van der Waals surface area contributed by atoms with Crippen LogP contribution in [0.1, 0.15) is 58.4 Å². The van der Waals surface area contributed by atoms with Gasteiger partial charge in [0.2, 0.25) is 10.0 Å². The summed E-state index contributed by atoms with van der Waals surface area (Å²) in [6.07, 6.45) is 5.97. The molecule has 0 heterocycles. The van der Waals surface area contributed by atoms with E-state index in [4.69, 9.17) is 0 Å². The fourth-order valence-electron chi connectivity index (χ4n) is 3.54. The first-order valence-electron chi connectivity index (χ1n) is 8.39. The summed E-state index contributed by atoms with van der Waals surface area (Å²) in [6, 6.07) is 9.41. The molecule has 0 aliphatic heterocycles. The van der Waals surface area contributed by atoms with Crippen molar-refractivity contribution in [1.82, 2.24) is 4.72 Å². The molecule has 1 aromatic carbocycles. The molecule has 3 nitrogen and oxygen atoms in total. The van der Waals surface area contributed by atoms with Crippen LogP contribution in [0.25, 0.3) is 0 Å². The minimum Gasteiger partial charge on any atom is -0.212 e. The van der Waals surface area contributed by atoms with Crippen molar-refractivity contribution in [2.75, 3.05) is 0 Å². The Morgan fingerprint density at radius 3 is 2.27 bits per heavy atom. The van der Waals surface area contributed by atoms with Crippen molar-refractivity contribution in [2.24, 2.45) is 11.8 Å². The van der Waals surface area contributed by atoms with Gasteiger partial charge >= 0.3 is 0 Å². The second-order valence-corrected chi connectivity index (χ2v) is 8.84. The molecule has 1 aliphatic carbocycles. The number of benzene rings is 1. The topological polar surface area (TPSA) is 46.2 Å². The van der Waals surface area contributed by atoms with Gasteiger partial charge in [0, 0.05) is 5.54 Å². The van der Waals surface area contributed by atoms with Crippen LogP contribution in [-0.2, 0) is 15.8 Å². The zero-order chi connectivity index (χ0) is 16.2. The van der Waals surface area contributed by atoms with Crippen molar-refractivity contribution >= 4 is 10.0 Å². The van der Waals surface area contributed by atoms with Crippen molar-refractivity contribution in [3.05, 3.63) is 35.9 Å². The molecular weight excluding hydrogens is 294 g/mol. The monoisotopic (exact) mass is 323 g/mol. The van der Waals surface area contributed by atoms with Crippen molar-refractivity contribution in [3.63, 3.8) is 0 Å². The highest BCUT2D eigenvalue weighted by molar-refractivity contribution is 7.88. The van der Waals surface area contributed by atoms with Gasteiger partial charge in [-0.15, -0.1) is 0 Å². The first-order chi connectivity index (χ1) is 10.3. The molecule has 0 amide bonds. The molecule has 2 rings (SSSR count). The molecule has 124 valence electrons. The Labute approximate surface area is 135 Å². The third-order valence-electron chi connectivity index (χ3n) is 5.23. The Balaban J connectivity index is 2.15. The third kappa shape index (κ3) is 4.32. The number of rotatable bonds is 6. The van der Waals surface area contributed by atoms with Gasteiger partial charge in [-0.25, -0.2) is 13.1 Å². The lowest BCUT2D eigenvalue weighted by Crippen LogP contribution is -2.55. The van der Waals surface area contributed by atoms with Crippen molar-refractivity contribution in [3.8, 4) is 0 Å². The molecule has 0 unspecified atom stereocenters. The van der Waals surface area contributed by atoms with Gasteiger partial charge in [-0.3, -0.25) is 0 Å². The van der Waals surface area contributed by atoms with Gasteiger partial charge in [-0.05, 0) is 37.2 Å². The standard InChI is InChI=1S/C18H29NO2S/c1-15(2)18(3,17-12-8-5-9-13-17)19-22(20,21)14-16-10-6-4-7-11-16/h4,6-7,10-11,15,17,19H,5,8-9,12-14H2,1-3H3/t18-/m1/s1. The Morgan fingerprint density at radius 1 is 1.14 bits per heavy atom. The molecule has 1 aliphatic rings. The minimum absolute atomic E-state index is 0.0584. The third-order valence-corrected chi connectivity index (χ3v) is 6.69. The van der Waals surface area contributed by atoms with Gasteiger partial charge in [-0.2, -0.15) is 0 Å². The maximum Gasteiger partial charge on any atom is 0.216 e. The zero-order valence-corrected chi connectivity index (χ0v) is 14.8. The average Bonchev–Trinajstić information content (AvgIpc) is 2.48. The van der Waals surface area contributed by atoms with Crippen molar-refractivity contribution in [2.45, 2.75) is 64.2 Å². The average molecular weight is 324 g/mol. The van der Waals surface area contributed by atoms with Crippen LogP contribution in [0.5, 0.6) is 0 Å². The summed E-state index contributed by atoms with van der Waals surface area (Å²) in [4.78, 5) is 0. The lowest BCUT2D eigenvalue weighted by molar-refractivity contribution is 0.151. The molecule has 1 saturated carbocycles. The van der Waals surface area contributed by atoms with Crippen molar-refractivity contribution < 1.29 is 8.42 Å². The smallest absolute Gasteiger partial charge is 0.212 e. The minimum atomic E-state index is -3.34. The molecule has 1 fully saturated rings. The fourth-order valence-corrected chi connectivity index (χ4v) is 5.32. The van der Waals surface area contributed by atoms with Gasteiger partial charge in [0.05, 0.1) is 5.75 Å². The highest BCUT2D eigenvalue weighted by atomic mass is 32.2. The highest BCUT2D eigenvalue weighted by Gasteiger charge is 2.40. The quantitative estimate of drug-likeness (QED) is 0.856. The van der Waals surface area contributed by atoms with Crippen LogP contribution in [-0.4, -0.2) is 14.0 Å². The molecule has 22 heavy (non-hydrogen) atoms. The normalized spacial score (nSPS) is 20.0. The Kier molecular flexibility index (Phi) is 5.67. The molecule has 1 aromatic rings. The fraction of sp³-hybridized carbons (Fsp3) is 0.667. The second kappa shape index (κ2) is 7.14. The van der Waals surface area contributed by atoms with Crippen LogP contribution < -0.4 is 4.72 Å². The molecule has 4 heteroatoms. The van der Waals surface area contributed by atoms with E-state index in [1.165, 1.54) is 19.3 Å². The van der Waals surface area contributed by atoms with Crippen LogP contribution in [0.2, 0.25) is 0 Å². The molecule has 0 spiro atoms. The zero-order valence-electron chi connectivity index (χ0n) is 14.0. The van der Waals surface area contributed by atoms with Crippen LogP contribution >= 0.6 is 0 Å². The molecule has 1 N–H and O–H groups in total. The molecule has 0 radical (unpaired) electrons. The van der Waals surface area contributed by atoms with E-state index in [9.17, 15) is 8.42 Å². The Hall–Kier alpha value is -0.870. The predicted molar refractivity (Wildman–Crippen MR) is 92.0 cm³/mol. The highest BCUT2D eigenvalue weighted by Crippen LogP contribution is 2.37. The number of nitrogens with one attached hydrogen (secondary N) is 1. The van der Waals surface area contributed by atoms with E-state index < -0.39 is 10.0 Å². The van der Waals surface area contributed by atoms with E-state index in [1.54, 1.807) is 0 Å². The first-order valence-corrected chi connectivity index (χ1v) is 10.0. The molecular formula is C18H29NO2S. The first kappa shape index (κ1) is 17.5. The summed E-state index contributed by atoms with van der Waals surface area (Å²) in [6.45, 7) is 6.34. The molecule has 0 bridgehead atoms. The second-order valence-electron chi connectivity index (χ2n) is 7.12. The molecule has 0 aromatic heterocycles. The summed E-state index contributed by atoms with van der Waals surface area (Å²) in [5.41, 5.74) is 0.485. The summed E-state index contributed by atoms with van der Waals surface area (Å²) < 4.78 is 28.4. The summed E-state index contributed by atoms with van der Waals surface area (Å²) in [5, 5.41) is 0. The van der Waals surface area contributed by atoms with E-state index >= 15 is 0 Å². The van der Waals surface area contributed by atoms with E-state index in [-0.39, 0.29) is 17.2 Å². The largest absolute Gasteiger partial charge is 0.216 e. The summed E-state index contributed by atoms with van der Waals surface area (Å²) >= 11 is 0. The maximum absolute atomic E-state index is 12.7. The SMILES string of the molecule is CC(C)[C@@](C)(NS(=O)(=O)Cc1ccccc1)C1CCCCC1. The number of sulfonamides is 1. The summed E-state index contributed by atoms with van der Waals surface area (Å²) in [7, 11) is -3.34. The molecule has 1 atom stereocenters. The van der Waals surface area contributed by atoms with E-state index in [0.29, 0.717) is 5.92 Å². The van der Waals surface area contributed by atoms with Crippen LogP contribution in [0.4, 0.5) is 0 Å². The lowest BCUT2D eigenvalue weighted by Gasteiger charge is -2.43. The predicted octanol–water partition coefficient (Wildman–Crippen LogP) is 4.10.